The molecule has 0 saturated carbocycles. The second-order valence-electron chi connectivity index (χ2n) is 7.31. The molecule has 0 fully saturated rings. The van der Waals surface area contributed by atoms with Gasteiger partial charge in [0.15, 0.2) is 5.16 Å². The van der Waals surface area contributed by atoms with E-state index in [9.17, 15) is 9.59 Å². The quantitative estimate of drug-likeness (QED) is 0.487. The molecule has 3 aromatic rings. The Hall–Kier alpha value is -2.86. The van der Waals surface area contributed by atoms with Crippen LogP contribution in [-0.2, 0) is 17.0 Å². The molecule has 0 aliphatic carbocycles. The zero-order chi connectivity index (χ0) is 20.4. The second-order valence-corrected chi connectivity index (χ2v) is 8.27. The highest BCUT2D eigenvalue weighted by molar-refractivity contribution is 7.98. The van der Waals surface area contributed by atoms with Gasteiger partial charge in [-0.2, -0.15) is 0 Å². The minimum Gasteiger partial charge on any atom is -0.310 e. The van der Waals surface area contributed by atoms with Crippen LogP contribution >= 0.6 is 11.8 Å². The number of aromatic nitrogens is 2. The van der Waals surface area contributed by atoms with Gasteiger partial charge in [0, 0.05) is 18.1 Å². The standard InChI is InChI=1S/C23H23N3O2S/c1-3-15-8-10-17(11-9-15)18-12-19(27)24-21-20(18)22(28)26-23(25-21)29-13-16-6-4-14(2)5-7-16/h4-11,18H,3,12-13H2,1-2H3,(H2,24,25,26,27,28). The molecule has 1 unspecified atom stereocenters. The molecule has 1 aromatic heterocycles. The maximum absolute atomic E-state index is 12.9. The Morgan fingerprint density at radius 2 is 1.72 bits per heavy atom. The van der Waals surface area contributed by atoms with Gasteiger partial charge >= 0.3 is 0 Å². The van der Waals surface area contributed by atoms with Crippen LogP contribution in [0.3, 0.4) is 0 Å². The predicted octanol–water partition coefficient (Wildman–Crippen LogP) is 4.41. The summed E-state index contributed by atoms with van der Waals surface area (Å²) in [5.41, 5.74) is 4.90. The average Bonchev–Trinajstić information content (AvgIpc) is 2.72. The summed E-state index contributed by atoms with van der Waals surface area (Å²) < 4.78 is 0. The van der Waals surface area contributed by atoms with Crippen LogP contribution in [-0.4, -0.2) is 15.9 Å². The van der Waals surface area contributed by atoms with Crippen LogP contribution < -0.4 is 10.9 Å². The van der Waals surface area contributed by atoms with Crippen molar-refractivity contribution in [3.63, 3.8) is 0 Å². The number of hydrogen-bond acceptors (Lipinski definition) is 4. The van der Waals surface area contributed by atoms with E-state index in [-0.39, 0.29) is 23.8 Å². The normalized spacial score (nSPS) is 15.7. The van der Waals surface area contributed by atoms with Gasteiger partial charge in [0.05, 0.1) is 5.56 Å². The second kappa shape index (κ2) is 8.25. The van der Waals surface area contributed by atoms with Crippen LogP contribution in [0, 0.1) is 6.92 Å². The third kappa shape index (κ3) is 4.27. The SMILES string of the molecule is CCc1ccc(C2CC(=O)Nc3nc(SCc4ccc(C)cc4)[nH]c(=O)c32)cc1. The van der Waals surface area contributed by atoms with Crippen molar-refractivity contribution in [2.24, 2.45) is 0 Å². The first-order valence-corrected chi connectivity index (χ1v) is 10.7. The lowest BCUT2D eigenvalue weighted by atomic mass is 9.86. The molecule has 0 spiro atoms. The summed E-state index contributed by atoms with van der Waals surface area (Å²) in [7, 11) is 0. The van der Waals surface area contributed by atoms with Crippen LogP contribution in [0.2, 0.25) is 0 Å². The first kappa shape index (κ1) is 19.5. The fourth-order valence-corrected chi connectivity index (χ4v) is 4.34. The highest BCUT2D eigenvalue weighted by Gasteiger charge is 2.30. The number of amides is 1. The summed E-state index contributed by atoms with van der Waals surface area (Å²) in [6.45, 7) is 4.15. The molecule has 4 rings (SSSR count). The highest BCUT2D eigenvalue weighted by Crippen LogP contribution is 2.34. The predicted molar refractivity (Wildman–Crippen MR) is 117 cm³/mol. The molecule has 148 valence electrons. The number of H-pyrrole nitrogens is 1. The molecule has 0 radical (unpaired) electrons. The monoisotopic (exact) mass is 405 g/mol. The molecule has 0 bridgehead atoms. The van der Waals surface area contributed by atoms with E-state index in [2.05, 4.69) is 58.6 Å². The van der Waals surface area contributed by atoms with Crippen LogP contribution in [0.15, 0.2) is 58.5 Å². The lowest BCUT2D eigenvalue weighted by Gasteiger charge is -2.24. The van der Waals surface area contributed by atoms with Gasteiger partial charge in [0.25, 0.3) is 5.56 Å². The Morgan fingerprint density at radius 1 is 1.03 bits per heavy atom. The molecule has 2 N–H and O–H groups in total. The van der Waals surface area contributed by atoms with Gasteiger partial charge in [-0.3, -0.25) is 9.59 Å². The maximum Gasteiger partial charge on any atom is 0.257 e. The number of benzene rings is 2. The number of aryl methyl sites for hydroxylation is 2. The molecule has 5 nitrogen and oxygen atoms in total. The van der Waals surface area contributed by atoms with Gasteiger partial charge in [0.1, 0.15) is 5.82 Å². The maximum atomic E-state index is 12.9. The molecule has 6 heteroatoms. The molecule has 2 aromatic carbocycles. The topological polar surface area (TPSA) is 74.8 Å². The van der Waals surface area contributed by atoms with Crippen LogP contribution in [0.25, 0.3) is 0 Å². The van der Waals surface area contributed by atoms with E-state index in [0.29, 0.717) is 22.3 Å². The number of thioether (sulfide) groups is 1. The van der Waals surface area contributed by atoms with Crippen molar-refractivity contribution in [1.29, 1.82) is 0 Å². The molecule has 1 aliphatic rings. The lowest BCUT2D eigenvalue weighted by molar-refractivity contribution is -0.116. The third-order valence-electron chi connectivity index (χ3n) is 5.22. The first-order chi connectivity index (χ1) is 14.0. The van der Waals surface area contributed by atoms with Crippen molar-refractivity contribution in [1.82, 2.24) is 9.97 Å². The summed E-state index contributed by atoms with van der Waals surface area (Å²) in [5, 5.41) is 3.30. The molecule has 1 amide bonds. The van der Waals surface area contributed by atoms with Crippen molar-refractivity contribution in [2.45, 2.75) is 43.5 Å². The number of nitrogens with zero attached hydrogens (tertiary/aromatic N) is 1. The summed E-state index contributed by atoms with van der Waals surface area (Å²) in [4.78, 5) is 32.6. The summed E-state index contributed by atoms with van der Waals surface area (Å²) in [6, 6.07) is 16.4. The molecular formula is C23H23N3O2S. The Bertz CT molecular complexity index is 1090. The summed E-state index contributed by atoms with van der Waals surface area (Å²) in [6.07, 6.45) is 1.20. The van der Waals surface area contributed by atoms with Gasteiger partial charge < -0.3 is 10.3 Å². The van der Waals surface area contributed by atoms with Crippen molar-refractivity contribution in [2.75, 3.05) is 5.32 Å². The van der Waals surface area contributed by atoms with Crippen molar-refractivity contribution >= 4 is 23.5 Å². The van der Waals surface area contributed by atoms with Gasteiger partial charge in [-0.25, -0.2) is 4.98 Å². The zero-order valence-corrected chi connectivity index (χ0v) is 17.3. The molecular weight excluding hydrogens is 382 g/mol. The highest BCUT2D eigenvalue weighted by atomic mass is 32.2. The van der Waals surface area contributed by atoms with E-state index >= 15 is 0 Å². The number of carbonyl (C=O) groups is 1. The van der Waals surface area contributed by atoms with E-state index < -0.39 is 0 Å². The third-order valence-corrected chi connectivity index (χ3v) is 6.16. The largest absolute Gasteiger partial charge is 0.310 e. The Morgan fingerprint density at radius 3 is 2.41 bits per heavy atom. The smallest absolute Gasteiger partial charge is 0.257 e. The number of aromatic amines is 1. The fraction of sp³-hybridized carbons (Fsp3) is 0.261. The van der Waals surface area contributed by atoms with Crippen LogP contribution in [0.5, 0.6) is 0 Å². The fourth-order valence-electron chi connectivity index (χ4n) is 3.53. The number of carbonyl (C=O) groups excluding carboxylic acids is 1. The van der Waals surface area contributed by atoms with Gasteiger partial charge in [0.2, 0.25) is 5.91 Å². The average molecular weight is 406 g/mol. The van der Waals surface area contributed by atoms with Crippen LogP contribution in [0.1, 0.15) is 47.1 Å². The molecule has 2 heterocycles. The van der Waals surface area contributed by atoms with E-state index in [1.165, 1.54) is 22.9 Å². The molecule has 29 heavy (non-hydrogen) atoms. The zero-order valence-electron chi connectivity index (χ0n) is 16.5. The van der Waals surface area contributed by atoms with Gasteiger partial charge in [-0.15, -0.1) is 0 Å². The lowest BCUT2D eigenvalue weighted by Crippen LogP contribution is -2.31. The number of anilines is 1. The number of nitrogens with one attached hydrogen (secondary N) is 2. The minimum absolute atomic E-state index is 0.116. The number of hydrogen-bond donors (Lipinski definition) is 2. The minimum atomic E-state index is -0.281. The number of fused-ring (bicyclic) bond motifs is 1. The van der Waals surface area contributed by atoms with E-state index in [4.69, 9.17) is 0 Å². The summed E-state index contributed by atoms with van der Waals surface area (Å²) in [5.74, 6) is 0.672. The number of rotatable bonds is 5. The first-order valence-electron chi connectivity index (χ1n) is 9.74. The Balaban J connectivity index is 1.62. The van der Waals surface area contributed by atoms with Crippen molar-refractivity contribution in [3.8, 4) is 0 Å². The molecule has 1 atom stereocenters. The van der Waals surface area contributed by atoms with Gasteiger partial charge in [-0.1, -0.05) is 72.8 Å². The molecule has 0 saturated heterocycles. The van der Waals surface area contributed by atoms with Crippen molar-refractivity contribution in [3.05, 3.63) is 86.7 Å². The van der Waals surface area contributed by atoms with Crippen molar-refractivity contribution < 1.29 is 4.79 Å². The van der Waals surface area contributed by atoms with Gasteiger partial charge in [-0.05, 0) is 30.0 Å². The molecule has 1 aliphatic heterocycles. The van der Waals surface area contributed by atoms with E-state index in [1.54, 1.807) is 0 Å². The Labute approximate surface area is 174 Å². The van der Waals surface area contributed by atoms with E-state index in [1.807, 2.05) is 19.1 Å². The Kier molecular flexibility index (Phi) is 5.53. The summed E-state index contributed by atoms with van der Waals surface area (Å²) >= 11 is 1.45. The van der Waals surface area contributed by atoms with Crippen LogP contribution in [0.4, 0.5) is 5.82 Å². The van der Waals surface area contributed by atoms with E-state index in [0.717, 1.165) is 17.5 Å².